The van der Waals surface area contributed by atoms with Crippen molar-refractivity contribution in [1.29, 1.82) is 0 Å². The number of benzene rings is 2. The Balaban J connectivity index is 2.01. The van der Waals surface area contributed by atoms with Gasteiger partial charge in [0.2, 0.25) is 5.91 Å². The number of rotatable bonds is 6. The van der Waals surface area contributed by atoms with Crippen molar-refractivity contribution < 1.29 is 22.7 Å². The third-order valence-corrected chi connectivity index (χ3v) is 3.41. The van der Waals surface area contributed by atoms with Gasteiger partial charge in [0.15, 0.2) is 0 Å². The first-order valence-electron chi connectivity index (χ1n) is 7.22. The standard InChI is InChI=1S/C17H17F3N2O2/c1-11(16(21)23)22-10-12-2-4-13(5-3-12)14-6-8-15(9-7-14)24-17(18,19)20/h2-9,11,22H,10H2,1H3,(H2,21,23)/t11-/m0/s1. The maximum atomic E-state index is 12.1. The van der Waals surface area contributed by atoms with Crippen molar-refractivity contribution >= 4 is 5.91 Å². The van der Waals surface area contributed by atoms with Crippen LogP contribution in [0.25, 0.3) is 11.1 Å². The van der Waals surface area contributed by atoms with E-state index in [1.807, 2.05) is 24.3 Å². The number of carbonyl (C=O) groups excluding carboxylic acids is 1. The van der Waals surface area contributed by atoms with Gasteiger partial charge in [0.05, 0.1) is 6.04 Å². The number of nitrogens with one attached hydrogen (secondary N) is 1. The van der Waals surface area contributed by atoms with Crippen LogP contribution >= 0.6 is 0 Å². The molecule has 128 valence electrons. The van der Waals surface area contributed by atoms with E-state index >= 15 is 0 Å². The molecule has 0 unspecified atom stereocenters. The van der Waals surface area contributed by atoms with Crippen LogP contribution < -0.4 is 15.8 Å². The number of halogens is 3. The Bertz CT molecular complexity index is 682. The van der Waals surface area contributed by atoms with Gasteiger partial charge in [0, 0.05) is 6.54 Å². The largest absolute Gasteiger partial charge is 0.573 e. The average Bonchev–Trinajstić information content (AvgIpc) is 2.52. The topological polar surface area (TPSA) is 64.3 Å². The lowest BCUT2D eigenvalue weighted by Crippen LogP contribution is -2.38. The molecule has 0 saturated heterocycles. The number of hydrogen-bond donors (Lipinski definition) is 2. The molecule has 7 heteroatoms. The van der Waals surface area contributed by atoms with Gasteiger partial charge in [-0.1, -0.05) is 36.4 Å². The van der Waals surface area contributed by atoms with Crippen molar-refractivity contribution in [2.45, 2.75) is 25.9 Å². The Morgan fingerprint density at radius 2 is 1.58 bits per heavy atom. The molecule has 0 aromatic heterocycles. The number of ether oxygens (including phenoxy) is 1. The maximum Gasteiger partial charge on any atom is 0.573 e. The number of amides is 1. The summed E-state index contributed by atoms with van der Waals surface area (Å²) in [6.07, 6.45) is -4.70. The fraction of sp³-hybridized carbons (Fsp3) is 0.235. The summed E-state index contributed by atoms with van der Waals surface area (Å²) in [4.78, 5) is 11.0. The average molecular weight is 338 g/mol. The first kappa shape index (κ1) is 17.8. The smallest absolute Gasteiger partial charge is 0.406 e. The maximum absolute atomic E-state index is 12.1. The van der Waals surface area contributed by atoms with E-state index in [1.165, 1.54) is 12.1 Å². The highest BCUT2D eigenvalue weighted by atomic mass is 19.4. The molecule has 0 bridgehead atoms. The summed E-state index contributed by atoms with van der Waals surface area (Å²) in [6, 6.07) is 12.7. The van der Waals surface area contributed by atoms with E-state index in [4.69, 9.17) is 5.73 Å². The quantitative estimate of drug-likeness (QED) is 0.850. The van der Waals surface area contributed by atoms with Gasteiger partial charge in [0.25, 0.3) is 0 Å². The van der Waals surface area contributed by atoms with E-state index in [1.54, 1.807) is 19.1 Å². The van der Waals surface area contributed by atoms with Crippen molar-refractivity contribution in [3.8, 4) is 16.9 Å². The normalized spacial score (nSPS) is 12.7. The van der Waals surface area contributed by atoms with E-state index in [0.29, 0.717) is 6.54 Å². The summed E-state index contributed by atoms with van der Waals surface area (Å²) < 4.78 is 40.2. The summed E-state index contributed by atoms with van der Waals surface area (Å²) in [5.41, 5.74) is 7.76. The first-order chi connectivity index (χ1) is 11.2. The van der Waals surface area contributed by atoms with E-state index in [-0.39, 0.29) is 5.75 Å². The third kappa shape index (κ3) is 5.27. The molecule has 0 aliphatic carbocycles. The van der Waals surface area contributed by atoms with Crippen LogP contribution in [0.15, 0.2) is 48.5 Å². The number of nitrogens with two attached hydrogens (primary N) is 1. The molecule has 1 amide bonds. The molecule has 1 atom stereocenters. The van der Waals surface area contributed by atoms with E-state index < -0.39 is 18.3 Å². The fourth-order valence-corrected chi connectivity index (χ4v) is 2.04. The summed E-state index contributed by atoms with van der Waals surface area (Å²) >= 11 is 0. The van der Waals surface area contributed by atoms with Gasteiger partial charge in [-0.15, -0.1) is 13.2 Å². The zero-order valence-corrected chi connectivity index (χ0v) is 12.9. The minimum absolute atomic E-state index is 0.257. The van der Waals surface area contributed by atoms with Crippen LogP contribution in [0.5, 0.6) is 5.75 Å². The predicted molar refractivity (Wildman–Crippen MR) is 84.1 cm³/mol. The van der Waals surface area contributed by atoms with Crippen LogP contribution in [0.1, 0.15) is 12.5 Å². The van der Waals surface area contributed by atoms with Crippen LogP contribution in [0, 0.1) is 0 Å². The van der Waals surface area contributed by atoms with Gasteiger partial charge >= 0.3 is 6.36 Å². The molecule has 0 aliphatic heterocycles. The Labute approximate surface area is 137 Å². The summed E-state index contributed by atoms with van der Waals surface area (Å²) in [7, 11) is 0. The number of hydrogen-bond acceptors (Lipinski definition) is 3. The van der Waals surface area contributed by atoms with Gasteiger partial charge in [-0.05, 0) is 35.7 Å². The zero-order chi connectivity index (χ0) is 17.7. The van der Waals surface area contributed by atoms with Crippen LogP contribution in [0.4, 0.5) is 13.2 Å². The summed E-state index contributed by atoms with van der Waals surface area (Å²) in [5.74, 6) is -0.680. The zero-order valence-electron chi connectivity index (χ0n) is 12.9. The Morgan fingerprint density at radius 3 is 2.04 bits per heavy atom. The van der Waals surface area contributed by atoms with Crippen molar-refractivity contribution in [2.75, 3.05) is 0 Å². The van der Waals surface area contributed by atoms with Crippen LogP contribution in [0.3, 0.4) is 0 Å². The van der Waals surface area contributed by atoms with E-state index in [2.05, 4.69) is 10.1 Å². The molecule has 0 heterocycles. The van der Waals surface area contributed by atoms with Gasteiger partial charge in [0.1, 0.15) is 5.75 Å². The number of alkyl halides is 3. The lowest BCUT2D eigenvalue weighted by molar-refractivity contribution is -0.274. The number of carbonyl (C=O) groups is 1. The minimum atomic E-state index is -4.70. The lowest BCUT2D eigenvalue weighted by atomic mass is 10.0. The molecule has 4 nitrogen and oxygen atoms in total. The van der Waals surface area contributed by atoms with Gasteiger partial charge < -0.3 is 15.8 Å². The predicted octanol–water partition coefficient (Wildman–Crippen LogP) is 3.22. The molecule has 0 radical (unpaired) electrons. The van der Waals surface area contributed by atoms with Crippen molar-refractivity contribution in [3.05, 3.63) is 54.1 Å². The van der Waals surface area contributed by atoms with Crippen LogP contribution in [-0.2, 0) is 11.3 Å². The number of primary amides is 1. The highest BCUT2D eigenvalue weighted by Gasteiger charge is 2.30. The van der Waals surface area contributed by atoms with Gasteiger partial charge in [-0.25, -0.2) is 0 Å². The second-order valence-electron chi connectivity index (χ2n) is 5.27. The monoisotopic (exact) mass is 338 g/mol. The van der Waals surface area contributed by atoms with Crippen LogP contribution in [0.2, 0.25) is 0 Å². The van der Waals surface area contributed by atoms with Gasteiger partial charge in [-0.3, -0.25) is 4.79 Å². The van der Waals surface area contributed by atoms with Crippen molar-refractivity contribution in [2.24, 2.45) is 5.73 Å². The molecule has 2 rings (SSSR count). The molecule has 3 N–H and O–H groups in total. The molecule has 0 aliphatic rings. The Morgan fingerprint density at radius 1 is 1.08 bits per heavy atom. The van der Waals surface area contributed by atoms with Crippen molar-refractivity contribution in [3.63, 3.8) is 0 Å². The Kier molecular flexibility index (Phi) is 5.46. The van der Waals surface area contributed by atoms with E-state index in [0.717, 1.165) is 16.7 Å². The Hall–Kier alpha value is -2.54. The minimum Gasteiger partial charge on any atom is -0.406 e. The second-order valence-corrected chi connectivity index (χ2v) is 5.27. The van der Waals surface area contributed by atoms with E-state index in [9.17, 15) is 18.0 Å². The van der Waals surface area contributed by atoms with Gasteiger partial charge in [-0.2, -0.15) is 0 Å². The third-order valence-electron chi connectivity index (χ3n) is 3.41. The molecular weight excluding hydrogens is 321 g/mol. The molecule has 0 saturated carbocycles. The second kappa shape index (κ2) is 7.35. The fourth-order valence-electron chi connectivity index (χ4n) is 2.04. The highest BCUT2D eigenvalue weighted by molar-refractivity contribution is 5.79. The molecule has 24 heavy (non-hydrogen) atoms. The molecule has 2 aromatic rings. The summed E-state index contributed by atoms with van der Waals surface area (Å²) in [5, 5.41) is 2.99. The van der Waals surface area contributed by atoms with Crippen molar-refractivity contribution in [1.82, 2.24) is 5.32 Å². The molecule has 0 fully saturated rings. The summed E-state index contributed by atoms with van der Waals surface area (Å²) in [6.45, 7) is 2.17. The molecule has 2 aromatic carbocycles. The highest BCUT2D eigenvalue weighted by Crippen LogP contribution is 2.26. The molecular formula is C17H17F3N2O2. The molecule has 0 spiro atoms. The lowest BCUT2D eigenvalue weighted by Gasteiger charge is -2.11. The van der Waals surface area contributed by atoms with Crippen LogP contribution in [-0.4, -0.2) is 18.3 Å². The SMILES string of the molecule is C[C@H](NCc1ccc(-c2ccc(OC(F)(F)F)cc2)cc1)C(N)=O. The first-order valence-corrected chi connectivity index (χ1v) is 7.22.